The van der Waals surface area contributed by atoms with E-state index >= 15 is 0 Å². The zero-order valence-corrected chi connectivity index (χ0v) is 14.3. The van der Waals surface area contributed by atoms with Gasteiger partial charge in [0.1, 0.15) is 5.00 Å². The topological polar surface area (TPSA) is 81.7 Å². The summed E-state index contributed by atoms with van der Waals surface area (Å²) in [6.45, 7) is 3.62. The number of anilines is 1. The fourth-order valence-corrected chi connectivity index (χ4v) is 3.91. The Bertz CT molecular complexity index is 685. The van der Waals surface area contributed by atoms with Crippen molar-refractivity contribution in [1.82, 2.24) is 0 Å². The van der Waals surface area contributed by atoms with Crippen molar-refractivity contribution in [3.8, 4) is 0 Å². The number of hydrogen-bond acceptors (Lipinski definition) is 6. The van der Waals surface area contributed by atoms with Crippen LogP contribution in [0.15, 0.2) is 11.6 Å². The molecule has 1 aliphatic rings. The molecule has 0 saturated heterocycles. The molecule has 1 aromatic heterocycles. The molecule has 0 unspecified atom stereocenters. The zero-order valence-electron chi connectivity index (χ0n) is 13.5. The second-order valence-corrected chi connectivity index (χ2v) is 6.57. The molecule has 0 aromatic carbocycles. The van der Waals surface area contributed by atoms with Gasteiger partial charge in [0.25, 0.3) is 0 Å². The molecule has 1 aliphatic carbocycles. The number of allylic oxidation sites excluding steroid dienone is 1. The van der Waals surface area contributed by atoms with E-state index in [2.05, 4.69) is 5.32 Å². The maximum absolute atomic E-state index is 12.2. The first-order valence-corrected chi connectivity index (χ1v) is 7.98. The second-order valence-electron chi connectivity index (χ2n) is 5.46. The van der Waals surface area contributed by atoms with E-state index < -0.39 is 11.9 Å². The van der Waals surface area contributed by atoms with Crippen molar-refractivity contribution in [1.29, 1.82) is 0 Å². The van der Waals surface area contributed by atoms with Gasteiger partial charge in [-0.2, -0.15) is 0 Å². The Balaban J connectivity index is 2.46. The molecule has 1 N–H and O–H groups in total. The fourth-order valence-electron chi connectivity index (χ4n) is 2.65. The van der Waals surface area contributed by atoms with Crippen LogP contribution < -0.4 is 5.32 Å². The Kier molecular flexibility index (Phi) is 5.20. The van der Waals surface area contributed by atoms with E-state index in [0.717, 1.165) is 10.5 Å². The lowest BCUT2D eigenvalue weighted by molar-refractivity contribution is -0.142. The van der Waals surface area contributed by atoms with Gasteiger partial charge in [-0.3, -0.25) is 9.59 Å². The van der Waals surface area contributed by atoms with Crippen LogP contribution in [-0.4, -0.2) is 32.1 Å². The van der Waals surface area contributed by atoms with Crippen LogP contribution in [0.1, 0.15) is 47.0 Å². The lowest BCUT2D eigenvalue weighted by Crippen LogP contribution is -2.17. The summed E-state index contributed by atoms with van der Waals surface area (Å²) in [5, 5.41) is 3.13. The predicted molar refractivity (Wildman–Crippen MR) is 86.8 cm³/mol. The number of rotatable bonds is 4. The third kappa shape index (κ3) is 3.44. The van der Waals surface area contributed by atoms with Crippen LogP contribution in [0.3, 0.4) is 0 Å². The van der Waals surface area contributed by atoms with Crippen molar-refractivity contribution < 1.29 is 23.9 Å². The third-order valence-corrected chi connectivity index (χ3v) is 4.74. The number of hydrogen-bond donors (Lipinski definition) is 1. The summed E-state index contributed by atoms with van der Waals surface area (Å²) < 4.78 is 9.65. The largest absolute Gasteiger partial charge is 0.469 e. The number of nitrogens with one attached hydrogen (secondary N) is 1. The molecule has 1 heterocycles. The normalized spacial score (nSPS) is 15.6. The monoisotopic (exact) mass is 337 g/mol. The molecule has 0 bridgehead atoms. The minimum absolute atomic E-state index is 0.260. The molecule has 6 nitrogen and oxygen atoms in total. The van der Waals surface area contributed by atoms with Crippen LogP contribution in [0.25, 0.3) is 0 Å². The maximum atomic E-state index is 12.2. The second kappa shape index (κ2) is 6.95. The summed E-state index contributed by atoms with van der Waals surface area (Å²) >= 11 is 1.31. The van der Waals surface area contributed by atoms with E-state index in [9.17, 15) is 14.4 Å². The number of aryl methyl sites for hydroxylation is 1. The van der Waals surface area contributed by atoms with Crippen LogP contribution in [0.4, 0.5) is 5.00 Å². The Morgan fingerprint density at radius 1 is 1.22 bits per heavy atom. The molecule has 0 spiro atoms. The molecular formula is C16H19NO5S. The predicted octanol–water partition coefficient (Wildman–Crippen LogP) is 2.64. The summed E-state index contributed by atoms with van der Waals surface area (Å²) in [6.07, 6.45) is 2.71. The summed E-state index contributed by atoms with van der Waals surface area (Å²) in [5.74, 6) is -1.75. The quantitative estimate of drug-likeness (QED) is 0.675. The Hall–Kier alpha value is -2.15. The molecule has 23 heavy (non-hydrogen) atoms. The lowest BCUT2D eigenvalue weighted by Gasteiger charge is -2.11. The third-order valence-electron chi connectivity index (χ3n) is 3.56. The van der Waals surface area contributed by atoms with E-state index in [1.165, 1.54) is 31.6 Å². The smallest absolute Gasteiger partial charge is 0.341 e. The molecule has 0 saturated carbocycles. The first kappa shape index (κ1) is 17.2. The molecule has 1 atom stereocenters. The molecule has 7 heteroatoms. The van der Waals surface area contributed by atoms with Crippen LogP contribution in [0, 0.1) is 0 Å². The van der Waals surface area contributed by atoms with Gasteiger partial charge in [-0.15, -0.1) is 11.3 Å². The number of esters is 2. The Morgan fingerprint density at radius 2 is 1.91 bits per heavy atom. The molecular weight excluding hydrogens is 318 g/mol. The number of carbonyl (C=O) groups excluding carboxylic acids is 3. The standard InChI is InChI=1S/C16H19NO5S/c1-8(2)7-11(18)17-14-13(16(20)22-4)12-9(15(19)21-3)5-6-10(12)23-14/h7,9H,5-6H2,1-4H3,(H,17,18)/t9-/m1/s1. The Morgan fingerprint density at radius 3 is 2.48 bits per heavy atom. The van der Waals surface area contributed by atoms with Crippen molar-refractivity contribution in [2.75, 3.05) is 19.5 Å². The molecule has 1 aromatic rings. The minimum Gasteiger partial charge on any atom is -0.469 e. The number of ether oxygens (including phenoxy) is 2. The first-order valence-electron chi connectivity index (χ1n) is 7.16. The maximum Gasteiger partial charge on any atom is 0.341 e. The van der Waals surface area contributed by atoms with Crippen molar-refractivity contribution in [3.05, 3.63) is 27.7 Å². The fraction of sp³-hybridized carbons (Fsp3) is 0.438. The lowest BCUT2D eigenvalue weighted by atomic mass is 9.99. The number of thiophene rings is 1. The molecule has 0 aliphatic heterocycles. The highest BCUT2D eigenvalue weighted by Crippen LogP contribution is 2.45. The average Bonchev–Trinajstić information content (AvgIpc) is 3.03. The van der Waals surface area contributed by atoms with Crippen molar-refractivity contribution in [2.45, 2.75) is 32.6 Å². The van der Waals surface area contributed by atoms with Gasteiger partial charge in [0.2, 0.25) is 5.91 Å². The molecule has 0 fully saturated rings. The van der Waals surface area contributed by atoms with Crippen molar-refractivity contribution in [2.24, 2.45) is 0 Å². The van der Waals surface area contributed by atoms with E-state index in [1.54, 1.807) is 0 Å². The Labute approximate surface area is 138 Å². The van der Waals surface area contributed by atoms with Gasteiger partial charge < -0.3 is 14.8 Å². The summed E-state index contributed by atoms with van der Waals surface area (Å²) in [5.41, 5.74) is 1.73. The molecule has 124 valence electrons. The van der Waals surface area contributed by atoms with Crippen LogP contribution in [-0.2, 0) is 25.5 Å². The van der Waals surface area contributed by atoms with Crippen molar-refractivity contribution >= 4 is 34.2 Å². The highest BCUT2D eigenvalue weighted by Gasteiger charge is 2.38. The van der Waals surface area contributed by atoms with Crippen molar-refractivity contribution in [3.63, 3.8) is 0 Å². The van der Waals surface area contributed by atoms with Crippen LogP contribution in [0.2, 0.25) is 0 Å². The first-order chi connectivity index (χ1) is 10.9. The number of amides is 1. The summed E-state index contributed by atoms with van der Waals surface area (Å²) in [4.78, 5) is 37.0. The minimum atomic E-state index is -0.564. The van der Waals surface area contributed by atoms with Crippen LogP contribution >= 0.6 is 11.3 Å². The van der Waals surface area contributed by atoms with Gasteiger partial charge in [-0.25, -0.2) is 4.79 Å². The number of methoxy groups -OCH3 is 2. The van der Waals surface area contributed by atoms with Gasteiger partial charge in [-0.1, -0.05) is 5.57 Å². The molecule has 2 rings (SSSR count). The SMILES string of the molecule is COC(=O)c1c(NC(=O)C=C(C)C)sc2c1[C@H](C(=O)OC)CC2. The summed E-state index contributed by atoms with van der Waals surface area (Å²) in [6, 6.07) is 0. The highest BCUT2D eigenvalue weighted by atomic mass is 32.1. The van der Waals surface area contributed by atoms with Gasteiger partial charge in [0.05, 0.1) is 25.7 Å². The number of fused-ring (bicyclic) bond motifs is 1. The average molecular weight is 337 g/mol. The van der Waals surface area contributed by atoms with Gasteiger partial charge in [0, 0.05) is 11.0 Å². The van der Waals surface area contributed by atoms with Gasteiger partial charge >= 0.3 is 11.9 Å². The van der Waals surface area contributed by atoms with E-state index in [0.29, 0.717) is 23.4 Å². The van der Waals surface area contributed by atoms with Crippen LogP contribution in [0.5, 0.6) is 0 Å². The zero-order chi connectivity index (χ0) is 17.1. The molecule has 0 radical (unpaired) electrons. The summed E-state index contributed by atoms with van der Waals surface area (Å²) in [7, 11) is 2.60. The highest BCUT2D eigenvalue weighted by molar-refractivity contribution is 7.17. The van der Waals surface area contributed by atoms with E-state index in [-0.39, 0.29) is 17.4 Å². The molecule has 1 amide bonds. The van der Waals surface area contributed by atoms with E-state index in [4.69, 9.17) is 9.47 Å². The van der Waals surface area contributed by atoms with E-state index in [1.807, 2.05) is 13.8 Å². The number of carbonyl (C=O) groups is 3. The van der Waals surface area contributed by atoms with Gasteiger partial charge in [-0.05, 0) is 32.3 Å². The van der Waals surface area contributed by atoms with Gasteiger partial charge in [0.15, 0.2) is 0 Å².